The molecule has 3 nitrogen and oxygen atoms in total. The fraction of sp³-hybridized carbons (Fsp3) is 0.538. The van der Waals surface area contributed by atoms with Crippen LogP contribution < -0.4 is 4.90 Å². The second kappa shape index (κ2) is 4.52. The molecule has 1 aliphatic heterocycles. The number of rotatable bonds is 1. The standard InChI is InChI=1S/C13H17N3/c1-10-4-3-7-16(11(10)2)13-9-15-6-5-12(13)8-14/h5-6,9-11H,3-4,7H2,1-2H3. The Hall–Kier alpha value is -1.56. The van der Waals surface area contributed by atoms with Crippen molar-refractivity contribution in [2.24, 2.45) is 5.92 Å². The zero-order valence-electron chi connectivity index (χ0n) is 9.85. The van der Waals surface area contributed by atoms with Gasteiger partial charge in [-0.05, 0) is 31.7 Å². The molecule has 0 aromatic carbocycles. The molecule has 0 bridgehead atoms. The highest BCUT2D eigenvalue weighted by Crippen LogP contribution is 2.29. The predicted molar refractivity (Wildman–Crippen MR) is 64.2 cm³/mol. The van der Waals surface area contributed by atoms with E-state index in [1.54, 1.807) is 12.3 Å². The van der Waals surface area contributed by atoms with E-state index in [0.717, 1.165) is 17.8 Å². The predicted octanol–water partition coefficient (Wildman–Crippen LogP) is 2.58. The van der Waals surface area contributed by atoms with Crippen LogP contribution in [0.5, 0.6) is 0 Å². The summed E-state index contributed by atoms with van der Waals surface area (Å²) in [5.74, 6) is 0.681. The van der Waals surface area contributed by atoms with Crippen LogP contribution in [0.3, 0.4) is 0 Å². The summed E-state index contributed by atoms with van der Waals surface area (Å²) in [5.41, 5.74) is 1.72. The Morgan fingerprint density at radius 2 is 2.31 bits per heavy atom. The van der Waals surface area contributed by atoms with Crippen LogP contribution in [0.4, 0.5) is 5.69 Å². The van der Waals surface area contributed by atoms with Crippen LogP contribution >= 0.6 is 0 Å². The summed E-state index contributed by atoms with van der Waals surface area (Å²) < 4.78 is 0. The van der Waals surface area contributed by atoms with Crippen LogP contribution in [0.15, 0.2) is 18.5 Å². The summed E-state index contributed by atoms with van der Waals surface area (Å²) in [7, 11) is 0. The van der Waals surface area contributed by atoms with E-state index in [2.05, 4.69) is 29.8 Å². The van der Waals surface area contributed by atoms with Crippen molar-refractivity contribution in [3.63, 3.8) is 0 Å². The molecular formula is C13H17N3. The number of aromatic nitrogens is 1. The SMILES string of the molecule is CC1CCCN(c2cnccc2C#N)C1C. The largest absolute Gasteiger partial charge is 0.366 e. The molecule has 16 heavy (non-hydrogen) atoms. The lowest BCUT2D eigenvalue weighted by Crippen LogP contribution is -2.42. The van der Waals surface area contributed by atoms with E-state index >= 15 is 0 Å². The quantitative estimate of drug-likeness (QED) is 0.723. The minimum Gasteiger partial charge on any atom is -0.366 e. The van der Waals surface area contributed by atoms with Crippen molar-refractivity contribution >= 4 is 5.69 Å². The lowest BCUT2D eigenvalue weighted by molar-refractivity contribution is 0.363. The van der Waals surface area contributed by atoms with Crippen LogP contribution in [-0.2, 0) is 0 Å². The third kappa shape index (κ3) is 1.88. The van der Waals surface area contributed by atoms with Crippen LogP contribution in [0.1, 0.15) is 32.3 Å². The summed E-state index contributed by atoms with van der Waals surface area (Å²) in [6.45, 7) is 5.54. The first kappa shape index (κ1) is 10.9. The van der Waals surface area contributed by atoms with Crippen LogP contribution in [0.2, 0.25) is 0 Å². The first-order chi connectivity index (χ1) is 7.74. The highest BCUT2D eigenvalue weighted by Gasteiger charge is 2.26. The van der Waals surface area contributed by atoms with Crippen molar-refractivity contribution in [2.75, 3.05) is 11.4 Å². The molecule has 84 valence electrons. The van der Waals surface area contributed by atoms with Gasteiger partial charge in [0.25, 0.3) is 0 Å². The first-order valence-corrected chi connectivity index (χ1v) is 5.85. The number of piperidine rings is 1. The number of hydrogen-bond donors (Lipinski definition) is 0. The van der Waals surface area contributed by atoms with Crippen molar-refractivity contribution in [1.29, 1.82) is 5.26 Å². The smallest absolute Gasteiger partial charge is 0.101 e. The molecule has 2 rings (SSSR count). The van der Waals surface area contributed by atoms with Crippen molar-refractivity contribution in [1.82, 2.24) is 4.98 Å². The molecule has 0 N–H and O–H groups in total. The summed E-state index contributed by atoms with van der Waals surface area (Å²) in [5, 5.41) is 9.10. The average Bonchev–Trinajstić information content (AvgIpc) is 2.33. The lowest BCUT2D eigenvalue weighted by atomic mass is 9.91. The molecule has 3 heteroatoms. The first-order valence-electron chi connectivity index (χ1n) is 5.85. The number of nitriles is 1. The molecular weight excluding hydrogens is 198 g/mol. The molecule has 1 saturated heterocycles. The van der Waals surface area contributed by atoms with Gasteiger partial charge in [-0.1, -0.05) is 6.92 Å². The number of nitrogens with zero attached hydrogens (tertiary/aromatic N) is 3. The van der Waals surface area contributed by atoms with Gasteiger partial charge in [-0.3, -0.25) is 4.98 Å². The molecule has 1 aromatic heterocycles. The van der Waals surface area contributed by atoms with E-state index in [9.17, 15) is 0 Å². The van der Waals surface area contributed by atoms with Crippen molar-refractivity contribution < 1.29 is 0 Å². The lowest BCUT2D eigenvalue weighted by Gasteiger charge is -2.39. The van der Waals surface area contributed by atoms with E-state index in [1.807, 2.05) is 6.20 Å². The molecule has 1 aliphatic rings. The van der Waals surface area contributed by atoms with Crippen LogP contribution in [0.25, 0.3) is 0 Å². The van der Waals surface area contributed by atoms with Gasteiger partial charge in [0.1, 0.15) is 6.07 Å². The minimum atomic E-state index is 0.491. The Bertz CT molecular complexity index is 408. The van der Waals surface area contributed by atoms with E-state index in [1.165, 1.54) is 12.8 Å². The Labute approximate surface area is 96.7 Å². The molecule has 0 spiro atoms. The van der Waals surface area contributed by atoms with Crippen LogP contribution in [-0.4, -0.2) is 17.6 Å². The normalized spacial score (nSPS) is 25.2. The van der Waals surface area contributed by atoms with Crippen LogP contribution in [0, 0.1) is 17.2 Å². The maximum Gasteiger partial charge on any atom is 0.101 e. The molecule has 0 amide bonds. The van der Waals surface area contributed by atoms with Gasteiger partial charge in [-0.25, -0.2) is 0 Å². The molecule has 0 radical (unpaired) electrons. The van der Waals surface area contributed by atoms with Crippen molar-refractivity contribution in [3.05, 3.63) is 24.0 Å². The average molecular weight is 215 g/mol. The minimum absolute atomic E-state index is 0.491. The maximum absolute atomic E-state index is 9.10. The Kier molecular flexibility index (Phi) is 3.09. The molecule has 2 unspecified atom stereocenters. The molecule has 2 heterocycles. The van der Waals surface area contributed by atoms with Gasteiger partial charge in [0.15, 0.2) is 0 Å². The van der Waals surface area contributed by atoms with Crippen molar-refractivity contribution in [2.45, 2.75) is 32.7 Å². The topological polar surface area (TPSA) is 39.9 Å². The zero-order valence-corrected chi connectivity index (χ0v) is 9.85. The third-order valence-corrected chi connectivity index (χ3v) is 3.60. The van der Waals surface area contributed by atoms with Gasteiger partial charge in [0, 0.05) is 18.8 Å². The van der Waals surface area contributed by atoms with E-state index < -0.39 is 0 Å². The summed E-state index contributed by atoms with van der Waals surface area (Å²) in [6, 6.07) is 4.53. The van der Waals surface area contributed by atoms with Gasteiger partial charge >= 0.3 is 0 Å². The fourth-order valence-corrected chi connectivity index (χ4v) is 2.39. The monoisotopic (exact) mass is 215 g/mol. The highest BCUT2D eigenvalue weighted by molar-refractivity contribution is 5.58. The van der Waals surface area contributed by atoms with Gasteiger partial charge in [0.05, 0.1) is 17.4 Å². The maximum atomic E-state index is 9.10. The van der Waals surface area contributed by atoms with E-state index in [-0.39, 0.29) is 0 Å². The molecule has 2 atom stereocenters. The molecule has 0 aliphatic carbocycles. The number of pyridine rings is 1. The van der Waals surface area contributed by atoms with Crippen molar-refractivity contribution in [3.8, 4) is 6.07 Å². The molecule has 0 saturated carbocycles. The van der Waals surface area contributed by atoms with E-state index in [0.29, 0.717) is 12.0 Å². The van der Waals surface area contributed by atoms with Gasteiger partial charge < -0.3 is 4.90 Å². The Morgan fingerprint density at radius 1 is 1.50 bits per heavy atom. The summed E-state index contributed by atoms with van der Waals surface area (Å²) in [6.07, 6.45) is 5.97. The second-order valence-corrected chi connectivity index (χ2v) is 4.56. The number of hydrogen-bond acceptors (Lipinski definition) is 3. The Morgan fingerprint density at radius 3 is 3.06 bits per heavy atom. The van der Waals surface area contributed by atoms with E-state index in [4.69, 9.17) is 5.26 Å². The zero-order chi connectivity index (χ0) is 11.5. The van der Waals surface area contributed by atoms with Gasteiger partial charge in [-0.2, -0.15) is 5.26 Å². The Balaban J connectivity index is 2.33. The highest BCUT2D eigenvalue weighted by atomic mass is 15.2. The number of anilines is 1. The third-order valence-electron chi connectivity index (χ3n) is 3.60. The van der Waals surface area contributed by atoms with Gasteiger partial charge in [0.2, 0.25) is 0 Å². The summed E-state index contributed by atoms with van der Waals surface area (Å²) >= 11 is 0. The fourth-order valence-electron chi connectivity index (χ4n) is 2.39. The molecule has 1 fully saturated rings. The summed E-state index contributed by atoms with van der Waals surface area (Å²) in [4.78, 5) is 6.45. The molecule has 1 aromatic rings. The second-order valence-electron chi connectivity index (χ2n) is 4.56. The van der Waals surface area contributed by atoms with Gasteiger partial charge in [-0.15, -0.1) is 0 Å².